The number of nitrogens with two attached hydrogens (primary N) is 1. The minimum atomic E-state index is -1.18. The maximum absolute atomic E-state index is 15.1. The first kappa shape index (κ1) is 31.3. The molecule has 238 valence electrons. The number of aromatic nitrogens is 2. The fourth-order valence-corrected chi connectivity index (χ4v) is 5.72. The Bertz CT molecular complexity index is 1760. The first-order valence-electron chi connectivity index (χ1n) is 14.7. The van der Waals surface area contributed by atoms with Crippen LogP contribution in [0.15, 0.2) is 78.9 Å². The van der Waals surface area contributed by atoms with E-state index in [-0.39, 0.29) is 36.4 Å². The Hall–Kier alpha value is -4.65. The van der Waals surface area contributed by atoms with Gasteiger partial charge in [0.1, 0.15) is 23.3 Å². The zero-order valence-electron chi connectivity index (χ0n) is 24.4. The number of morpholine rings is 1. The van der Waals surface area contributed by atoms with Gasteiger partial charge in [0.15, 0.2) is 11.6 Å². The van der Waals surface area contributed by atoms with Gasteiger partial charge in [0.25, 0.3) is 0 Å². The van der Waals surface area contributed by atoms with Crippen LogP contribution in [0.25, 0.3) is 11.0 Å². The minimum absolute atomic E-state index is 0.222. The van der Waals surface area contributed by atoms with Crippen molar-refractivity contribution in [1.29, 1.82) is 0 Å². The van der Waals surface area contributed by atoms with Crippen molar-refractivity contribution in [1.82, 2.24) is 15.3 Å². The van der Waals surface area contributed by atoms with Crippen LogP contribution in [-0.2, 0) is 16.0 Å². The van der Waals surface area contributed by atoms with E-state index in [1.165, 1.54) is 60.7 Å². The number of nitrogens with one attached hydrogen (secondary N) is 3. The van der Waals surface area contributed by atoms with Crippen molar-refractivity contribution in [2.45, 2.75) is 36.9 Å². The number of carbonyl (C=O) groups excluding carboxylic acids is 1. The van der Waals surface area contributed by atoms with Crippen molar-refractivity contribution in [2.75, 3.05) is 18.5 Å². The van der Waals surface area contributed by atoms with Gasteiger partial charge >= 0.3 is 0 Å². The summed E-state index contributed by atoms with van der Waals surface area (Å²) in [6.45, 7) is 0.627. The van der Waals surface area contributed by atoms with Gasteiger partial charge in [-0.15, -0.1) is 0 Å². The molecular weight excluding hydrogens is 605 g/mol. The largest absolute Gasteiger partial charge is 0.375 e. The molecule has 2 heterocycles. The predicted octanol–water partition coefficient (Wildman–Crippen LogP) is 6.02. The van der Waals surface area contributed by atoms with Crippen LogP contribution in [0.1, 0.15) is 40.9 Å². The van der Waals surface area contributed by atoms with Crippen LogP contribution in [0.5, 0.6) is 0 Å². The molecule has 1 fully saturated rings. The lowest BCUT2D eigenvalue weighted by Crippen LogP contribution is -2.42. The summed E-state index contributed by atoms with van der Waals surface area (Å²) in [4.78, 5) is 20.8. The molecule has 0 spiro atoms. The smallest absolute Gasteiger partial charge is 0.242 e. The summed E-state index contributed by atoms with van der Waals surface area (Å²) < 4.78 is 75.6. The molecule has 0 bridgehead atoms. The second-order valence-corrected chi connectivity index (χ2v) is 11.2. The summed E-state index contributed by atoms with van der Waals surface area (Å²) in [6.07, 6.45) is 0.360. The minimum Gasteiger partial charge on any atom is -0.375 e. The van der Waals surface area contributed by atoms with Gasteiger partial charge in [-0.25, -0.2) is 26.9 Å². The number of aromatic amines is 1. The second kappa shape index (κ2) is 13.4. The molecule has 1 aliphatic heterocycles. The van der Waals surface area contributed by atoms with Crippen LogP contribution in [-0.4, -0.2) is 41.2 Å². The molecule has 6 rings (SSSR count). The van der Waals surface area contributed by atoms with Gasteiger partial charge in [-0.05, 0) is 60.4 Å². The highest BCUT2D eigenvalue weighted by atomic mass is 19.2. The van der Waals surface area contributed by atoms with Crippen molar-refractivity contribution in [3.05, 3.63) is 130 Å². The Morgan fingerprint density at radius 2 is 1.57 bits per heavy atom. The van der Waals surface area contributed by atoms with Gasteiger partial charge in [-0.2, -0.15) is 0 Å². The molecule has 1 aliphatic rings. The van der Waals surface area contributed by atoms with Crippen LogP contribution < -0.4 is 16.4 Å². The number of imidazole rings is 1. The number of rotatable bonds is 9. The zero-order chi connectivity index (χ0) is 32.4. The van der Waals surface area contributed by atoms with E-state index in [2.05, 4.69) is 20.6 Å². The molecule has 46 heavy (non-hydrogen) atoms. The number of fused-ring (bicyclic) bond motifs is 1. The Morgan fingerprint density at radius 1 is 0.913 bits per heavy atom. The molecular formula is C34H30F5N5O2. The van der Waals surface area contributed by atoms with E-state index < -0.39 is 47.0 Å². The van der Waals surface area contributed by atoms with Crippen LogP contribution in [0.2, 0.25) is 0 Å². The molecule has 5 N–H and O–H groups in total. The van der Waals surface area contributed by atoms with Gasteiger partial charge < -0.3 is 26.1 Å². The maximum atomic E-state index is 15.1. The fourth-order valence-electron chi connectivity index (χ4n) is 5.72. The van der Waals surface area contributed by atoms with Crippen molar-refractivity contribution in [2.24, 2.45) is 5.73 Å². The Labute approximate surface area is 261 Å². The highest BCUT2D eigenvalue weighted by Crippen LogP contribution is 2.30. The molecule has 1 aromatic heterocycles. The molecule has 1 saturated heterocycles. The molecule has 7 nitrogen and oxygen atoms in total. The van der Waals surface area contributed by atoms with Crippen molar-refractivity contribution >= 4 is 22.6 Å². The van der Waals surface area contributed by atoms with Crippen molar-refractivity contribution in [3.63, 3.8) is 0 Å². The first-order valence-corrected chi connectivity index (χ1v) is 14.7. The SMILES string of the molecule is N[C@H](C(=O)Nc1cccc(F)c1CC[C@@H]1CN[C@H](c2nc3cc(F)c(F)cc3[nH]2)CO1)C(c1ccc(F)cc1)c1ccc(F)cc1. The van der Waals surface area contributed by atoms with Crippen LogP contribution in [0.4, 0.5) is 27.6 Å². The number of H-pyrrole nitrogens is 1. The third-order valence-electron chi connectivity index (χ3n) is 8.18. The van der Waals surface area contributed by atoms with Gasteiger partial charge in [0, 0.05) is 35.8 Å². The van der Waals surface area contributed by atoms with E-state index in [4.69, 9.17) is 10.5 Å². The summed E-state index contributed by atoms with van der Waals surface area (Å²) >= 11 is 0. The predicted molar refractivity (Wildman–Crippen MR) is 162 cm³/mol. The number of anilines is 1. The molecule has 3 atom stereocenters. The normalized spacial score (nSPS) is 17.4. The van der Waals surface area contributed by atoms with Gasteiger partial charge in [0.05, 0.1) is 35.8 Å². The third kappa shape index (κ3) is 6.79. The highest BCUT2D eigenvalue weighted by Gasteiger charge is 2.30. The monoisotopic (exact) mass is 635 g/mol. The quantitative estimate of drug-likeness (QED) is 0.148. The molecule has 0 unspecified atom stereocenters. The highest BCUT2D eigenvalue weighted by molar-refractivity contribution is 5.96. The molecule has 0 aliphatic carbocycles. The van der Waals surface area contributed by atoms with E-state index in [0.717, 1.165) is 12.1 Å². The number of nitrogens with zero attached hydrogens (tertiary/aromatic N) is 1. The summed E-state index contributed by atoms with van der Waals surface area (Å²) in [5.74, 6) is -4.24. The van der Waals surface area contributed by atoms with Crippen LogP contribution in [0, 0.1) is 29.1 Å². The average Bonchev–Trinajstić information content (AvgIpc) is 3.45. The van der Waals surface area contributed by atoms with E-state index in [1.807, 2.05) is 0 Å². The fraction of sp³-hybridized carbons (Fsp3) is 0.235. The third-order valence-corrected chi connectivity index (χ3v) is 8.18. The number of halogens is 5. The summed E-state index contributed by atoms with van der Waals surface area (Å²) in [6, 6.07) is 16.0. The lowest BCUT2D eigenvalue weighted by atomic mass is 9.85. The molecule has 1 amide bonds. The second-order valence-electron chi connectivity index (χ2n) is 11.2. The number of carbonyl (C=O) groups is 1. The summed E-state index contributed by atoms with van der Waals surface area (Å²) in [5.41, 5.74) is 8.76. The maximum Gasteiger partial charge on any atom is 0.242 e. The van der Waals surface area contributed by atoms with Crippen LogP contribution >= 0.6 is 0 Å². The van der Waals surface area contributed by atoms with E-state index in [0.29, 0.717) is 41.0 Å². The molecule has 0 radical (unpaired) electrons. The lowest BCUT2D eigenvalue weighted by molar-refractivity contribution is -0.117. The molecule has 0 saturated carbocycles. The standard InChI is InChI=1S/C34H30F5N5O2/c35-20-8-4-18(5-9-20)31(19-6-10-21(36)11-7-19)32(40)34(45)44-27-3-1-2-24(37)23(27)13-12-22-16-41-30(17-46-22)33-42-28-14-25(38)26(39)15-29(28)43-33/h1-11,14-15,22,30-32,41H,12-13,16-17,40H2,(H,42,43)(H,44,45)/t22-,30+,32+/m1/s1. The zero-order valence-corrected chi connectivity index (χ0v) is 24.4. The number of benzene rings is 4. The number of ether oxygens (including phenoxy) is 1. The van der Waals surface area contributed by atoms with Crippen molar-refractivity contribution < 1.29 is 31.5 Å². The van der Waals surface area contributed by atoms with E-state index in [1.54, 1.807) is 6.07 Å². The molecule has 5 aromatic rings. The van der Waals surface area contributed by atoms with Gasteiger partial charge in [-0.3, -0.25) is 4.79 Å². The first-order chi connectivity index (χ1) is 22.2. The lowest BCUT2D eigenvalue weighted by Gasteiger charge is -2.29. The van der Waals surface area contributed by atoms with E-state index >= 15 is 4.39 Å². The van der Waals surface area contributed by atoms with Crippen LogP contribution in [0.3, 0.4) is 0 Å². The van der Waals surface area contributed by atoms with Gasteiger partial charge in [0.2, 0.25) is 5.91 Å². The average molecular weight is 636 g/mol. The Morgan fingerprint density at radius 3 is 2.20 bits per heavy atom. The van der Waals surface area contributed by atoms with Gasteiger partial charge in [-0.1, -0.05) is 30.3 Å². The number of hydrogen-bond donors (Lipinski definition) is 4. The molecule has 4 aromatic carbocycles. The number of amides is 1. The summed E-state index contributed by atoms with van der Waals surface area (Å²) in [7, 11) is 0. The van der Waals surface area contributed by atoms with Crippen molar-refractivity contribution in [3.8, 4) is 0 Å². The topological polar surface area (TPSA) is 105 Å². The Kier molecular flexibility index (Phi) is 9.11. The Balaban J connectivity index is 1.12. The number of hydrogen-bond acceptors (Lipinski definition) is 5. The van der Waals surface area contributed by atoms with E-state index in [9.17, 15) is 22.4 Å². The summed E-state index contributed by atoms with van der Waals surface area (Å²) in [5, 5.41) is 6.06. The molecule has 12 heteroatoms.